The number of dihydropyridines is 1. The summed E-state index contributed by atoms with van der Waals surface area (Å²) in [4.78, 5) is 25.2. The number of allylic oxidation sites excluding steroid dienone is 1. The van der Waals surface area contributed by atoms with Gasteiger partial charge in [-0.15, -0.1) is 0 Å². The smallest absolute Gasteiger partial charge is 0.242 e. The normalized spacial score (nSPS) is 16.5. The van der Waals surface area contributed by atoms with Crippen LogP contribution in [0.15, 0.2) is 45.9 Å². The van der Waals surface area contributed by atoms with E-state index in [9.17, 15) is 13.2 Å². The van der Waals surface area contributed by atoms with Crippen LogP contribution in [0.2, 0.25) is 5.02 Å². The number of nitrogens with one attached hydrogen (secondary N) is 1. The number of aliphatic imine (C=N–C) groups is 1. The van der Waals surface area contributed by atoms with Crippen LogP contribution in [-0.2, 0) is 10.0 Å². The Labute approximate surface area is 173 Å². The van der Waals surface area contributed by atoms with Crippen molar-refractivity contribution in [3.63, 3.8) is 0 Å². The van der Waals surface area contributed by atoms with E-state index in [1.165, 1.54) is 24.5 Å². The Morgan fingerprint density at radius 1 is 1.28 bits per heavy atom. The Balaban J connectivity index is 1.72. The molecule has 29 heavy (non-hydrogen) atoms. The highest BCUT2D eigenvalue weighted by Gasteiger charge is 2.29. The number of carbonyl (C=O) groups is 1. The van der Waals surface area contributed by atoms with E-state index in [0.717, 1.165) is 12.8 Å². The second kappa shape index (κ2) is 7.66. The first-order chi connectivity index (χ1) is 13.8. The third kappa shape index (κ3) is 4.21. The average molecular weight is 432 g/mol. The minimum absolute atomic E-state index is 0.00226. The highest BCUT2D eigenvalue weighted by Crippen LogP contribution is 2.30. The number of hydrogen-bond donors (Lipinski definition) is 2. The van der Waals surface area contributed by atoms with Gasteiger partial charge in [-0.05, 0) is 31.4 Å². The van der Waals surface area contributed by atoms with E-state index in [0.29, 0.717) is 29.8 Å². The van der Waals surface area contributed by atoms with Crippen molar-refractivity contribution in [3.05, 3.63) is 46.8 Å². The van der Waals surface area contributed by atoms with E-state index in [-0.39, 0.29) is 33.3 Å². The molecule has 4 rings (SSSR count). The van der Waals surface area contributed by atoms with Crippen LogP contribution in [0.4, 0.5) is 5.82 Å². The predicted molar refractivity (Wildman–Crippen MR) is 111 cm³/mol. The molecule has 2 aromatic rings. The molecular formula is C19H18ClN5O3S. The molecule has 1 fully saturated rings. The maximum Gasteiger partial charge on any atom is 0.242 e. The molecule has 0 bridgehead atoms. The number of hydrogen-bond acceptors (Lipinski definition) is 7. The molecule has 10 heteroatoms. The minimum atomic E-state index is -3.76. The lowest BCUT2D eigenvalue weighted by molar-refractivity contribution is 0.103. The van der Waals surface area contributed by atoms with Gasteiger partial charge < -0.3 is 5.73 Å². The number of anilines is 1. The number of halogens is 1. The molecule has 0 saturated heterocycles. The van der Waals surface area contributed by atoms with Crippen LogP contribution < -0.4 is 10.5 Å². The molecule has 0 radical (unpaired) electrons. The largest absolute Gasteiger partial charge is 0.382 e. The molecule has 3 N–H and O–H groups in total. The molecule has 2 aliphatic rings. The van der Waals surface area contributed by atoms with Gasteiger partial charge in [0, 0.05) is 29.9 Å². The van der Waals surface area contributed by atoms with E-state index in [1.807, 2.05) is 0 Å². The number of Topliss-reactive ketones (excluding diaryl/α,β-unsaturated/α-hetero) is 1. The van der Waals surface area contributed by atoms with Crippen molar-refractivity contribution in [2.24, 2.45) is 4.99 Å². The molecule has 0 spiro atoms. The number of nitrogen functional groups attached to an aromatic ring is 1. The monoisotopic (exact) mass is 431 g/mol. The molecule has 1 aliphatic heterocycles. The lowest BCUT2D eigenvalue weighted by Gasteiger charge is -2.11. The molecule has 1 aromatic carbocycles. The molecule has 1 aromatic heterocycles. The number of sulfonamides is 1. The van der Waals surface area contributed by atoms with Gasteiger partial charge in [0.15, 0.2) is 11.5 Å². The second-order valence-electron chi connectivity index (χ2n) is 6.84. The molecular weight excluding hydrogens is 414 g/mol. The zero-order chi connectivity index (χ0) is 20.6. The van der Waals surface area contributed by atoms with Crippen LogP contribution in [0.25, 0.3) is 11.3 Å². The van der Waals surface area contributed by atoms with Gasteiger partial charge >= 0.3 is 0 Å². The van der Waals surface area contributed by atoms with Crippen molar-refractivity contribution in [3.8, 4) is 11.3 Å². The summed E-state index contributed by atoms with van der Waals surface area (Å²) in [7, 11) is -3.76. The number of rotatable bonds is 6. The van der Waals surface area contributed by atoms with E-state index in [1.54, 1.807) is 12.1 Å². The summed E-state index contributed by atoms with van der Waals surface area (Å²) in [5, 5.41) is 0.102. The van der Waals surface area contributed by atoms with Crippen LogP contribution in [0.1, 0.15) is 29.8 Å². The maximum atomic E-state index is 12.7. The zero-order valence-corrected chi connectivity index (χ0v) is 16.9. The number of ketones is 1. The molecule has 8 nitrogen and oxygen atoms in total. The van der Waals surface area contributed by atoms with Gasteiger partial charge in [0.05, 0.1) is 16.9 Å². The lowest BCUT2D eigenvalue weighted by atomic mass is 10.1. The SMILES string of the molecule is Nc1ncc(-c2ccc(Cl)c(S(=O)(=O)NC3CC3)c2)nc1C(=O)C1=CCCN=C1. The third-order valence-corrected chi connectivity index (χ3v) is 6.55. The summed E-state index contributed by atoms with van der Waals surface area (Å²) < 4.78 is 27.8. The van der Waals surface area contributed by atoms with Crippen LogP contribution in [-0.4, -0.2) is 43.0 Å². The highest BCUT2D eigenvalue weighted by molar-refractivity contribution is 7.89. The fraction of sp³-hybridized carbons (Fsp3) is 0.263. The number of nitrogens with zero attached hydrogens (tertiary/aromatic N) is 3. The van der Waals surface area contributed by atoms with Crippen molar-refractivity contribution in [2.75, 3.05) is 12.3 Å². The Morgan fingerprint density at radius 2 is 2.07 bits per heavy atom. The summed E-state index contributed by atoms with van der Waals surface area (Å²) >= 11 is 6.13. The minimum Gasteiger partial charge on any atom is -0.382 e. The molecule has 2 heterocycles. The predicted octanol–water partition coefficient (Wildman–Crippen LogP) is 2.40. The summed E-state index contributed by atoms with van der Waals surface area (Å²) in [5.41, 5.74) is 7.04. The molecule has 1 saturated carbocycles. The standard InChI is InChI=1S/C19H18ClN5O3S/c20-14-6-3-11(8-16(14)29(27,28)25-13-4-5-13)15-10-23-19(21)17(24-15)18(26)12-2-1-7-22-9-12/h2-3,6,8-10,13,25H,1,4-5,7H2,(H2,21,23). The molecule has 0 unspecified atom stereocenters. The first-order valence-electron chi connectivity index (χ1n) is 9.04. The number of carbonyl (C=O) groups excluding carboxylic acids is 1. The van der Waals surface area contributed by atoms with E-state index >= 15 is 0 Å². The van der Waals surface area contributed by atoms with E-state index in [2.05, 4.69) is 19.7 Å². The first kappa shape index (κ1) is 19.7. The highest BCUT2D eigenvalue weighted by atomic mass is 35.5. The van der Waals surface area contributed by atoms with Crippen molar-refractivity contribution in [2.45, 2.75) is 30.2 Å². The van der Waals surface area contributed by atoms with Crippen molar-refractivity contribution >= 4 is 39.4 Å². The van der Waals surface area contributed by atoms with Gasteiger partial charge in [-0.25, -0.2) is 23.1 Å². The van der Waals surface area contributed by atoms with Gasteiger partial charge in [0.25, 0.3) is 0 Å². The zero-order valence-electron chi connectivity index (χ0n) is 15.3. The summed E-state index contributed by atoms with van der Waals surface area (Å²) in [6.45, 7) is 0.634. The molecule has 150 valence electrons. The van der Waals surface area contributed by atoms with Gasteiger partial charge in [0.1, 0.15) is 4.90 Å². The summed E-state index contributed by atoms with van der Waals surface area (Å²) in [5.74, 6) is -0.381. The van der Waals surface area contributed by atoms with Gasteiger partial charge in [-0.2, -0.15) is 0 Å². The fourth-order valence-electron chi connectivity index (χ4n) is 2.86. The Hall–Kier alpha value is -2.62. The van der Waals surface area contributed by atoms with Gasteiger partial charge in [-0.3, -0.25) is 9.79 Å². The topological polar surface area (TPSA) is 127 Å². The van der Waals surface area contributed by atoms with E-state index < -0.39 is 10.0 Å². The lowest BCUT2D eigenvalue weighted by Crippen LogP contribution is -2.26. The number of nitrogens with two attached hydrogens (primary N) is 1. The average Bonchev–Trinajstić information content (AvgIpc) is 3.52. The van der Waals surface area contributed by atoms with Gasteiger partial charge in [-0.1, -0.05) is 23.7 Å². The first-order valence-corrected chi connectivity index (χ1v) is 10.9. The van der Waals surface area contributed by atoms with Crippen LogP contribution in [0.3, 0.4) is 0 Å². The molecule has 1 aliphatic carbocycles. The Morgan fingerprint density at radius 3 is 2.76 bits per heavy atom. The van der Waals surface area contributed by atoms with Crippen molar-refractivity contribution < 1.29 is 13.2 Å². The number of benzene rings is 1. The van der Waals surface area contributed by atoms with E-state index in [4.69, 9.17) is 17.3 Å². The molecule has 0 atom stereocenters. The van der Waals surface area contributed by atoms with Crippen LogP contribution >= 0.6 is 11.6 Å². The number of aromatic nitrogens is 2. The Kier molecular flexibility index (Phi) is 5.20. The maximum absolute atomic E-state index is 12.7. The fourth-order valence-corrected chi connectivity index (χ4v) is 4.69. The summed E-state index contributed by atoms with van der Waals surface area (Å²) in [6.07, 6.45) is 6.95. The van der Waals surface area contributed by atoms with Crippen LogP contribution in [0, 0.1) is 0 Å². The summed E-state index contributed by atoms with van der Waals surface area (Å²) in [6, 6.07) is 4.47. The Bertz CT molecular complexity index is 1160. The van der Waals surface area contributed by atoms with Crippen LogP contribution in [0.5, 0.6) is 0 Å². The quantitative estimate of drug-likeness (QED) is 0.676. The van der Waals surface area contributed by atoms with Crippen molar-refractivity contribution in [1.82, 2.24) is 14.7 Å². The third-order valence-electron chi connectivity index (χ3n) is 4.55. The second-order valence-corrected chi connectivity index (χ2v) is 8.93. The van der Waals surface area contributed by atoms with Crippen molar-refractivity contribution in [1.29, 1.82) is 0 Å². The van der Waals surface area contributed by atoms with Gasteiger partial charge in [0.2, 0.25) is 15.8 Å². The molecule has 0 amide bonds.